The van der Waals surface area contributed by atoms with Gasteiger partial charge in [0.2, 0.25) is 5.91 Å². The number of rotatable bonds is 2. The van der Waals surface area contributed by atoms with Crippen molar-refractivity contribution in [2.75, 3.05) is 11.4 Å². The summed E-state index contributed by atoms with van der Waals surface area (Å²) in [6, 6.07) is 8.15. The van der Waals surface area contributed by atoms with Crippen LogP contribution in [0.3, 0.4) is 0 Å². The van der Waals surface area contributed by atoms with E-state index in [0.29, 0.717) is 11.7 Å². The van der Waals surface area contributed by atoms with Crippen LogP contribution in [0.4, 0.5) is 5.69 Å². The molecule has 0 saturated carbocycles. The molecule has 0 fully saturated rings. The van der Waals surface area contributed by atoms with Crippen LogP contribution in [0.15, 0.2) is 33.7 Å². The zero-order valence-electron chi connectivity index (χ0n) is 13.1. The zero-order chi connectivity index (χ0) is 15.7. The van der Waals surface area contributed by atoms with Crippen LogP contribution in [0, 0.1) is 13.8 Å². The van der Waals surface area contributed by atoms with Gasteiger partial charge in [-0.3, -0.25) is 4.79 Å². The molecule has 0 bridgehead atoms. The molecule has 0 radical (unpaired) electrons. The van der Waals surface area contributed by atoms with Gasteiger partial charge in [0, 0.05) is 22.3 Å². The molecule has 0 unspecified atom stereocenters. The lowest BCUT2D eigenvalue weighted by atomic mass is 10.1. The number of hydrogen-bond donors (Lipinski definition) is 0. The van der Waals surface area contributed by atoms with Crippen molar-refractivity contribution in [2.45, 2.75) is 43.8 Å². The molecular formula is C17H20N2O2S. The first-order valence-corrected chi connectivity index (χ1v) is 8.42. The molecule has 0 aliphatic carbocycles. The van der Waals surface area contributed by atoms with Crippen LogP contribution in [-0.2, 0) is 11.2 Å². The third-order valence-corrected chi connectivity index (χ3v) is 5.29. The molecule has 1 atom stereocenters. The van der Waals surface area contributed by atoms with Gasteiger partial charge in [0.05, 0.1) is 17.8 Å². The summed E-state index contributed by atoms with van der Waals surface area (Å²) in [5.41, 5.74) is 2.73. The molecular weight excluding hydrogens is 296 g/mol. The maximum Gasteiger partial charge on any atom is 0.231 e. The number of hydrogen-bond acceptors (Lipinski definition) is 4. The van der Waals surface area contributed by atoms with E-state index in [1.165, 1.54) is 4.90 Å². The number of thioether (sulfide) groups is 1. The van der Waals surface area contributed by atoms with Crippen molar-refractivity contribution in [1.82, 2.24) is 5.16 Å². The Labute approximate surface area is 134 Å². The minimum absolute atomic E-state index is 0.108. The second-order valence-corrected chi connectivity index (χ2v) is 7.19. The lowest BCUT2D eigenvalue weighted by molar-refractivity contribution is -0.118. The van der Waals surface area contributed by atoms with Gasteiger partial charge in [-0.1, -0.05) is 24.2 Å². The van der Waals surface area contributed by atoms with Crippen molar-refractivity contribution in [3.63, 3.8) is 0 Å². The molecule has 1 aromatic heterocycles. The summed E-state index contributed by atoms with van der Waals surface area (Å²) in [6.45, 7) is 6.71. The van der Waals surface area contributed by atoms with Crippen LogP contribution in [-0.4, -0.2) is 22.9 Å². The normalized spacial score (nSPS) is 18.0. The van der Waals surface area contributed by atoms with Crippen molar-refractivity contribution in [1.29, 1.82) is 0 Å². The fourth-order valence-electron chi connectivity index (χ4n) is 2.75. The first kappa shape index (κ1) is 15.2. The second-order valence-electron chi connectivity index (χ2n) is 5.71. The van der Waals surface area contributed by atoms with E-state index in [4.69, 9.17) is 4.52 Å². The van der Waals surface area contributed by atoms with Crippen LogP contribution in [0.1, 0.15) is 30.4 Å². The van der Waals surface area contributed by atoms with E-state index in [9.17, 15) is 4.79 Å². The van der Waals surface area contributed by atoms with E-state index >= 15 is 0 Å². The standard InChI is InChI=1S/C17H20N2O2S/c1-11-8-9-19(15-6-4-5-7-16(15)22-11)17(20)10-14-12(2)18-21-13(14)3/h4-7,11H,8-10H2,1-3H3/t11-/m0/s1. The predicted molar refractivity (Wildman–Crippen MR) is 88.4 cm³/mol. The van der Waals surface area contributed by atoms with Gasteiger partial charge in [-0.25, -0.2) is 0 Å². The highest BCUT2D eigenvalue weighted by Gasteiger charge is 2.25. The summed E-state index contributed by atoms with van der Waals surface area (Å²) in [5, 5.41) is 4.45. The average molecular weight is 316 g/mol. The van der Waals surface area contributed by atoms with E-state index in [1.807, 2.05) is 48.7 Å². The maximum atomic E-state index is 12.8. The maximum absolute atomic E-state index is 12.8. The Morgan fingerprint density at radius 1 is 1.41 bits per heavy atom. The number of aryl methyl sites for hydroxylation is 2. The quantitative estimate of drug-likeness (QED) is 0.846. The molecule has 0 saturated heterocycles. The van der Waals surface area contributed by atoms with Gasteiger partial charge >= 0.3 is 0 Å². The molecule has 5 heteroatoms. The number of benzene rings is 1. The van der Waals surface area contributed by atoms with Crippen LogP contribution in [0.2, 0.25) is 0 Å². The highest BCUT2D eigenvalue weighted by molar-refractivity contribution is 8.00. The number of fused-ring (bicyclic) bond motifs is 1. The van der Waals surface area contributed by atoms with E-state index in [1.54, 1.807) is 0 Å². The largest absolute Gasteiger partial charge is 0.361 e. The third kappa shape index (κ3) is 2.90. The van der Waals surface area contributed by atoms with Crippen molar-refractivity contribution in [3.05, 3.63) is 41.3 Å². The van der Waals surface area contributed by atoms with Gasteiger partial charge in [-0.15, -0.1) is 11.8 Å². The predicted octanol–water partition coefficient (Wildman–Crippen LogP) is 3.75. The molecule has 0 spiro atoms. The van der Waals surface area contributed by atoms with Crippen molar-refractivity contribution in [3.8, 4) is 0 Å². The molecule has 1 aromatic carbocycles. The number of carbonyl (C=O) groups excluding carboxylic acids is 1. The molecule has 4 nitrogen and oxygen atoms in total. The molecule has 22 heavy (non-hydrogen) atoms. The lowest BCUT2D eigenvalue weighted by Gasteiger charge is -2.22. The number of anilines is 1. The Morgan fingerprint density at radius 3 is 2.91 bits per heavy atom. The van der Waals surface area contributed by atoms with Crippen molar-refractivity contribution >= 4 is 23.4 Å². The number of para-hydroxylation sites is 1. The molecule has 2 aromatic rings. The van der Waals surface area contributed by atoms with Crippen LogP contribution in [0.5, 0.6) is 0 Å². The number of aromatic nitrogens is 1. The molecule has 1 amide bonds. The van der Waals surface area contributed by atoms with E-state index in [2.05, 4.69) is 18.1 Å². The molecule has 1 aliphatic heterocycles. The van der Waals surface area contributed by atoms with Crippen LogP contribution in [0.25, 0.3) is 0 Å². The van der Waals surface area contributed by atoms with Crippen molar-refractivity contribution in [2.24, 2.45) is 0 Å². The molecule has 3 rings (SSSR count). The van der Waals surface area contributed by atoms with E-state index < -0.39 is 0 Å². The Kier molecular flexibility index (Phi) is 4.25. The summed E-state index contributed by atoms with van der Waals surface area (Å²) >= 11 is 1.84. The first-order chi connectivity index (χ1) is 10.6. The Hall–Kier alpha value is -1.75. The number of carbonyl (C=O) groups is 1. The van der Waals surface area contributed by atoms with Gasteiger partial charge in [0.25, 0.3) is 0 Å². The summed E-state index contributed by atoms with van der Waals surface area (Å²) in [7, 11) is 0. The summed E-state index contributed by atoms with van der Waals surface area (Å²) in [5.74, 6) is 0.841. The first-order valence-electron chi connectivity index (χ1n) is 7.54. The van der Waals surface area contributed by atoms with E-state index in [0.717, 1.165) is 35.7 Å². The number of nitrogens with zero attached hydrogens (tertiary/aromatic N) is 2. The molecule has 116 valence electrons. The van der Waals surface area contributed by atoms with E-state index in [-0.39, 0.29) is 5.91 Å². The molecule has 1 aliphatic rings. The van der Waals surface area contributed by atoms with Gasteiger partial charge in [-0.05, 0) is 32.4 Å². The third-order valence-electron chi connectivity index (χ3n) is 4.05. The lowest BCUT2D eigenvalue weighted by Crippen LogP contribution is -2.33. The minimum atomic E-state index is 0.108. The number of amides is 1. The smallest absolute Gasteiger partial charge is 0.231 e. The van der Waals surface area contributed by atoms with Gasteiger partial charge in [-0.2, -0.15) is 0 Å². The Bertz CT molecular complexity index is 676. The zero-order valence-corrected chi connectivity index (χ0v) is 13.9. The van der Waals surface area contributed by atoms with Gasteiger partial charge in [0.15, 0.2) is 0 Å². The van der Waals surface area contributed by atoms with Gasteiger partial charge in [0.1, 0.15) is 5.76 Å². The SMILES string of the molecule is Cc1noc(C)c1CC(=O)N1CC[C@H](C)Sc2ccccc21. The minimum Gasteiger partial charge on any atom is -0.361 e. The Balaban J connectivity index is 1.89. The fourth-order valence-corrected chi connectivity index (χ4v) is 3.86. The van der Waals surface area contributed by atoms with Crippen LogP contribution >= 0.6 is 11.8 Å². The monoisotopic (exact) mass is 316 g/mol. The summed E-state index contributed by atoms with van der Waals surface area (Å²) < 4.78 is 5.17. The summed E-state index contributed by atoms with van der Waals surface area (Å²) in [6.07, 6.45) is 1.33. The van der Waals surface area contributed by atoms with Crippen LogP contribution < -0.4 is 4.90 Å². The molecule has 2 heterocycles. The van der Waals surface area contributed by atoms with Crippen molar-refractivity contribution < 1.29 is 9.32 Å². The second kappa shape index (κ2) is 6.16. The molecule has 0 N–H and O–H groups in total. The summed E-state index contributed by atoms with van der Waals surface area (Å²) in [4.78, 5) is 15.9. The fraction of sp³-hybridized carbons (Fsp3) is 0.412. The topological polar surface area (TPSA) is 46.3 Å². The Morgan fingerprint density at radius 2 is 2.18 bits per heavy atom. The highest BCUT2D eigenvalue weighted by atomic mass is 32.2. The highest BCUT2D eigenvalue weighted by Crippen LogP contribution is 2.37. The average Bonchev–Trinajstić information content (AvgIpc) is 2.72. The van der Waals surface area contributed by atoms with Gasteiger partial charge < -0.3 is 9.42 Å².